The summed E-state index contributed by atoms with van der Waals surface area (Å²) in [5.74, 6) is 1.16. The van der Waals surface area contributed by atoms with Crippen molar-refractivity contribution in [3.63, 3.8) is 0 Å². The lowest BCUT2D eigenvalue weighted by molar-refractivity contribution is 0.139. The molecule has 0 aliphatic heterocycles. The molecule has 0 spiro atoms. The topological polar surface area (TPSA) is 48.2 Å². The Morgan fingerprint density at radius 2 is 2.22 bits per heavy atom. The molecule has 1 heterocycles. The Hall–Kier alpha value is -1.46. The molecule has 2 atom stereocenters. The highest BCUT2D eigenvalue weighted by Gasteiger charge is 2.47. The standard InChI is InChI=1S/C17H18ClFN2O2/c1-22-9-17(5-6-17)8-14-20-16(23-21-14)11-7-10(11)15-12(18)3-2-4-13(15)19/h2-4,10-11H,5-9H2,1H3/t10-,11+/m1/s1. The molecule has 2 fully saturated rings. The van der Waals surface area contributed by atoms with Gasteiger partial charge in [0.1, 0.15) is 5.82 Å². The molecule has 0 amide bonds. The molecule has 1 aromatic heterocycles. The van der Waals surface area contributed by atoms with Crippen molar-refractivity contribution in [3.05, 3.63) is 46.3 Å². The van der Waals surface area contributed by atoms with E-state index < -0.39 is 0 Å². The van der Waals surface area contributed by atoms with Crippen molar-refractivity contribution < 1.29 is 13.7 Å². The van der Waals surface area contributed by atoms with E-state index in [1.54, 1.807) is 19.2 Å². The minimum atomic E-state index is -0.262. The van der Waals surface area contributed by atoms with Crippen molar-refractivity contribution in [2.45, 2.75) is 37.5 Å². The highest BCUT2D eigenvalue weighted by Crippen LogP contribution is 2.56. The van der Waals surface area contributed by atoms with E-state index in [4.69, 9.17) is 20.9 Å². The average Bonchev–Trinajstić information content (AvgIpc) is 3.40. The number of aromatic nitrogens is 2. The second-order valence-corrected chi connectivity index (χ2v) is 7.15. The summed E-state index contributed by atoms with van der Waals surface area (Å²) in [6, 6.07) is 4.78. The first-order chi connectivity index (χ1) is 11.1. The Labute approximate surface area is 139 Å². The van der Waals surface area contributed by atoms with Gasteiger partial charge in [-0.15, -0.1) is 0 Å². The summed E-state index contributed by atoms with van der Waals surface area (Å²) in [6.07, 6.45) is 3.86. The number of ether oxygens (including phenoxy) is 1. The first kappa shape index (κ1) is 15.1. The van der Waals surface area contributed by atoms with Crippen LogP contribution in [0, 0.1) is 11.2 Å². The normalized spacial score (nSPS) is 24.7. The molecule has 2 aliphatic carbocycles. The van der Waals surface area contributed by atoms with E-state index in [-0.39, 0.29) is 23.1 Å². The second kappa shape index (κ2) is 5.56. The van der Waals surface area contributed by atoms with Gasteiger partial charge in [0.15, 0.2) is 5.82 Å². The van der Waals surface area contributed by atoms with E-state index in [1.807, 2.05) is 0 Å². The molecule has 2 aliphatic rings. The van der Waals surface area contributed by atoms with Crippen molar-refractivity contribution in [2.24, 2.45) is 5.41 Å². The zero-order valence-electron chi connectivity index (χ0n) is 12.9. The van der Waals surface area contributed by atoms with Gasteiger partial charge in [0.2, 0.25) is 5.89 Å². The van der Waals surface area contributed by atoms with E-state index in [9.17, 15) is 4.39 Å². The fraction of sp³-hybridized carbons (Fsp3) is 0.529. The van der Waals surface area contributed by atoms with Crippen LogP contribution in [0.25, 0.3) is 0 Å². The summed E-state index contributed by atoms with van der Waals surface area (Å²) in [6.45, 7) is 0.730. The number of hydrogen-bond donors (Lipinski definition) is 0. The van der Waals surface area contributed by atoms with Crippen LogP contribution >= 0.6 is 11.6 Å². The Kier molecular flexibility index (Phi) is 3.65. The maximum absolute atomic E-state index is 14.0. The average molecular weight is 337 g/mol. The molecule has 6 heteroatoms. The highest BCUT2D eigenvalue weighted by atomic mass is 35.5. The van der Waals surface area contributed by atoms with Crippen LogP contribution in [0.4, 0.5) is 4.39 Å². The number of rotatable bonds is 6. The van der Waals surface area contributed by atoms with Crippen LogP contribution in [0.5, 0.6) is 0 Å². The monoisotopic (exact) mass is 336 g/mol. The Morgan fingerprint density at radius 1 is 1.39 bits per heavy atom. The van der Waals surface area contributed by atoms with E-state index in [0.29, 0.717) is 16.5 Å². The molecule has 2 saturated carbocycles. The third-order valence-electron chi connectivity index (χ3n) is 4.90. The van der Waals surface area contributed by atoms with E-state index in [0.717, 1.165) is 38.1 Å². The summed E-state index contributed by atoms with van der Waals surface area (Å²) in [5, 5.41) is 4.56. The minimum absolute atomic E-state index is 0.0332. The molecule has 0 N–H and O–H groups in total. The maximum Gasteiger partial charge on any atom is 0.230 e. The van der Waals surface area contributed by atoms with Gasteiger partial charge in [0.05, 0.1) is 6.61 Å². The van der Waals surface area contributed by atoms with Gasteiger partial charge >= 0.3 is 0 Å². The molecule has 4 nitrogen and oxygen atoms in total. The first-order valence-electron chi connectivity index (χ1n) is 7.87. The van der Waals surface area contributed by atoms with Crippen LogP contribution in [-0.4, -0.2) is 23.9 Å². The predicted octanol–water partition coefficient (Wildman–Crippen LogP) is 4.10. The maximum atomic E-state index is 14.0. The summed E-state index contributed by atoms with van der Waals surface area (Å²) >= 11 is 6.13. The lowest BCUT2D eigenvalue weighted by Crippen LogP contribution is -2.13. The predicted molar refractivity (Wildman–Crippen MR) is 83.1 cm³/mol. The summed E-state index contributed by atoms with van der Waals surface area (Å²) < 4.78 is 24.7. The number of hydrogen-bond acceptors (Lipinski definition) is 4. The molecule has 122 valence electrons. The van der Waals surface area contributed by atoms with Crippen LogP contribution < -0.4 is 0 Å². The molecule has 1 aromatic carbocycles. The minimum Gasteiger partial charge on any atom is -0.384 e. The summed E-state index contributed by atoms with van der Waals surface area (Å²) in [4.78, 5) is 4.52. The fourth-order valence-corrected chi connectivity index (χ4v) is 3.64. The summed E-state index contributed by atoms with van der Waals surface area (Å²) in [5.41, 5.74) is 0.755. The quantitative estimate of drug-likeness (QED) is 0.796. The van der Waals surface area contributed by atoms with E-state index >= 15 is 0 Å². The molecule has 0 unspecified atom stereocenters. The molecular formula is C17H18ClFN2O2. The van der Waals surface area contributed by atoms with Crippen molar-refractivity contribution in [1.29, 1.82) is 0 Å². The number of benzene rings is 1. The zero-order valence-corrected chi connectivity index (χ0v) is 13.6. The first-order valence-corrected chi connectivity index (χ1v) is 8.25. The van der Waals surface area contributed by atoms with Crippen LogP contribution in [0.1, 0.15) is 48.4 Å². The Balaban J connectivity index is 1.47. The number of halogens is 2. The van der Waals surface area contributed by atoms with Gasteiger partial charge in [-0.25, -0.2) is 4.39 Å². The lowest BCUT2D eigenvalue weighted by atomic mass is 10.0. The van der Waals surface area contributed by atoms with Gasteiger partial charge in [0.25, 0.3) is 0 Å². The van der Waals surface area contributed by atoms with Gasteiger partial charge in [0, 0.05) is 41.4 Å². The molecular weight excluding hydrogens is 319 g/mol. The summed E-state index contributed by atoms with van der Waals surface area (Å²) in [7, 11) is 1.72. The molecule has 2 aromatic rings. The van der Waals surface area contributed by atoms with Crippen LogP contribution in [0.3, 0.4) is 0 Å². The fourth-order valence-electron chi connectivity index (χ4n) is 3.33. The van der Waals surface area contributed by atoms with Gasteiger partial charge in [-0.05, 0) is 31.4 Å². The third-order valence-corrected chi connectivity index (χ3v) is 5.23. The van der Waals surface area contributed by atoms with Crippen molar-refractivity contribution >= 4 is 11.6 Å². The molecule has 23 heavy (non-hydrogen) atoms. The van der Waals surface area contributed by atoms with E-state index in [1.165, 1.54) is 6.07 Å². The molecule has 4 rings (SSSR count). The van der Waals surface area contributed by atoms with Crippen LogP contribution in [0.2, 0.25) is 5.02 Å². The van der Waals surface area contributed by atoms with Gasteiger partial charge in [-0.3, -0.25) is 0 Å². The van der Waals surface area contributed by atoms with Gasteiger partial charge < -0.3 is 9.26 Å². The van der Waals surface area contributed by atoms with Crippen molar-refractivity contribution in [3.8, 4) is 0 Å². The largest absolute Gasteiger partial charge is 0.384 e. The molecule has 0 radical (unpaired) electrons. The lowest BCUT2D eigenvalue weighted by Gasteiger charge is -2.09. The molecule has 0 bridgehead atoms. The van der Waals surface area contributed by atoms with Crippen molar-refractivity contribution in [1.82, 2.24) is 10.1 Å². The second-order valence-electron chi connectivity index (χ2n) is 6.74. The zero-order chi connectivity index (χ0) is 16.0. The van der Waals surface area contributed by atoms with Gasteiger partial charge in [-0.2, -0.15) is 4.98 Å². The Bertz CT molecular complexity index is 709. The smallest absolute Gasteiger partial charge is 0.230 e. The highest BCUT2D eigenvalue weighted by molar-refractivity contribution is 6.31. The van der Waals surface area contributed by atoms with Gasteiger partial charge in [-0.1, -0.05) is 22.8 Å². The number of nitrogens with zero attached hydrogens (tertiary/aromatic N) is 2. The van der Waals surface area contributed by atoms with E-state index in [2.05, 4.69) is 10.1 Å². The number of methoxy groups -OCH3 is 1. The van der Waals surface area contributed by atoms with Crippen LogP contribution in [0.15, 0.2) is 22.7 Å². The third kappa shape index (κ3) is 2.88. The molecule has 0 saturated heterocycles. The Morgan fingerprint density at radius 3 is 2.91 bits per heavy atom. The SMILES string of the molecule is COCC1(Cc2noc([C@H]3C[C@H]3c3c(F)cccc3Cl)n2)CC1. The van der Waals surface area contributed by atoms with Crippen LogP contribution in [-0.2, 0) is 11.2 Å². The van der Waals surface area contributed by atoms with Crippen molar-refractivity contribution in [2.75, 3.05) is 13.7 Å².